The summed E-state index contributed by atoms with van der Waals surface area (Å²) in [6.45, 7) is 7.23. The molecule has 0 saturated carbocycles. The zero-order chi connectivity index (χ0) is 14.4. The average molecular weight is 262 g/mol. The molecule has 5 nitrogen and oxygen atoms in total. The molecule has 0 heterocycles. The van der Waals surface area contributed by atoms with E-state index in [1.807, 2.05) is 6.92 Å². The first kappa shape index (κ1) is 14.8. The molecular formula is C14H18N2O3. The molecule has 1 atom stereocenters. The van der Waals surface area contributed by atoms with E-state index in [1.54, 1.807) is 19.1 Å². The first-order valence-electron chi connectivity index (χ1n) is 5.96. The molecule has 0 spiro atoms. The van der Waals surface area contributed by atoms with E-state index in [0.29, 0.717) is 17.7 Å². The minimum absolute atomic E-state index is 0.00361. The van der Waals surface area contributed by atoms with Gasteiger partial charge >= 0.3 is 12.0 Å². The highest BCUT2D eigenvalue weighted by Gasteiger charge is 2.09. The third kappa shape index (κ3) is 4.46. The van der Waals surface area contributed by atoms with Crippen LogP contribution in [0.5, 0.6) is 0 Å². The van der Waals surface area contributed by atoms with E-state index in [1.165, 1.54) is 12.1 Å². The van der Waals surface area contributed by atoms with Gasteiger partial charge in [0.15, 0.2) is 0 Å². The lowest BCUT2D eigenvalue weighted by Gasteiger charge is -2.14. The maximum Gasteiger partial charge on any atom is 0.335 e. The Morgan fingerprint density at radius 2 is 2.16 bits per heavy atom. The Morgan fingerprint density at radius 1 is 1.47 bits per heavy atom. The van der Waals surface area contributed by atoms with Gasteiger partial charge in [0.2, 0.25) is 0 Å². The van der Waals surface area contributed by atoms with E-state index >= 15 is 0 Å². The zero-order valence-corrected chi connectivity index (χ0v) is 11.1. The Hall–Kier alpha value is -2.30. The number of anilines is 1. The minimum Gasteiger partial charge on any atom is -0.478 e. The van der Waals surface area contributed by atoms with Gasteiger partial charge in [-0.3, -0.25) is 0 Å². The van der Waals surface area contributed by atoms with Crippen molar-refractivity contribution in [2.24, 2.45) is 0 Å². The standard InChI is InChI=1S/C14H18N2O3/c1-4-5-10(3)15-14(19)16-12-7-6-11(13(17)18)8-9(12)2/h4,6-8,10H,1,5H2,2-3H3,(H,17,18)(H2,15,16,19). The molecule has 0 aliphatic rings. The Labute approximate surface area is 112 Å². The van der Waals surface area contributed by atoms with Gasteiger partial charge in [-0.1, -0.05) is 6.08 Å². The van der Waals surface area contributed by atoms with E-state index in [4.69, 9.17) is 5.11 Å². The first-order valence-corrected chi connectivity index (χ1v) is 5.96. The van der Waals surface area contributed by atoms with Crippen LogP contribution in [0.15, 0.2) is 30.9 Å². The molecule has 0 saturated heterocycles. The zero-order valence-electron chi connectivity index (χ0n) is 11.1. The molecular weight excluding hydrogens is 244 g/mol. The molecule has 0 aliphatic heterocycles. The molecule has 3 N–H and O–H groups in total. The summed E-state index contributed by atoms with van der Waals surface area (Å²) in [5.74, 6) is -0.987. The third-order valence-electron chi connectivity index (χ3n) is 2.62. The molecule has 102 valence electrons. The van der Waals surface area contributed by atoms with Crippen LogP contribution in [0, 0.1) is 6.92 Å². The lowest BCUT2D eigenvalue weighted by Crippen LogP contribution is -2.35. The van der Waals surface area contributed by atoms with Crippen molar-refractivity contribution in [1.82, 2.24) is 5.32 Å². The molecule has 0 aliphatic carbocycles. The Bertz CT molecular complexity index is 497. The molecule has 1 aromatic rings. The number of carboxylic acids is 1. The fourth-order valence-corrected chi connectivity index (χ4v) is 1.63. The highest BCUT2D eigenvalue weighted by molar-refractivity contribution is 5.92. The summed E-state index contributed by atoms with van der Waals surface area (Å²) in [7, 11) is 0. The van der Waals surface area contributed by atoms with Crippen molar-refractivity contribution in [1.29, 1.82) is 0 Å². The Balaban J connectivity index is 2.69. The van der Waals surface area contributed by atoms with Gasteiger partial charge in [0.05, 0.1) is 5.56 Å². The van der Waals surface area contributed by atoms with E-state index in [0.717, 1.165) is 0 Å². The molecule has 0 aromatic heterocycles. The summed E-state index contributed by atoms with van der Waals surface area (Å²) in [4.78, 5) is 22.5. The number of aryl methyl sites for hydroxylation is 1. The number of carboxylic acid groups (broad SMARTS) is 1. The summed E-state index contributed by atoms with van der Waals surface area (Å²) in [5.41, 5.74) is 1.49. The van der Waals surface area contributed by atoms with Gasteiger partial charge in [0.25, 0.3) is 0 Å². The van der Waals surface area contributed by atoms with Crippen LogP contribution in [0.3, 0.4) is 0 Å². The summed E-state index contributed by atoms with van der Waals surface area (Å²) in [6.07, 6.45) is 2.42. The summed E-state index contributed by atoms with van der Waals surface area (Å²) >= 11 is 0. The topological polar surface area (TPSA) is 78.4 Å². The van der Waals surface area contributed by atoms with Crippen molar-refractivity contribution >= 4 is 17.7 Å². The second kappa shape index (κ2) is 6.58. The Kier molecular flexibility index (Phi) is 5.11. The normalized spacial score (nSPS) is 11.5. The quantitative estimate of drug-likeness (QED) is 0.714. The van der Waals surface area contributed by atoms with Crippen LogP contribution in [0.2, 0.25) is 0 Å². The highest BCUT2D eigenvalue weighted by atomic mass is 16.4. The number of rotatable bonds is 5. The maximum absolute atomic E-state index is 11.7. The van der Waals surface area contributed by atoms with Crippen LogP contribution in [-0.4, -0.2) is 23.1 Å². The number of carbonyl (C=O) groups is 2. The number of aromatic carboxylic acids is 1. The van der Waals surface area contributed by atoms with Crippen LogP contribution in [-0.2, 0) is 0 Å². The predicted octanol–water partition coefficient (Wildman–Crippen LogP) is 2.78. The van der Waals surface area contributed by atoms with Gasteiger partial charge in [0.1, 0.15) is 0 Å². The van der Waals surface area contributed by atoms with E-state index in [-0.39, 0.29) is 17.6 Å². The number of amides is 2. The monoisotopic (exact) mass is 262 g/mol. The molecule has 1 unspecified atom stereocenters. The summed E-state index contributed by atoms with van der Waals surface area (Å²) in [5, 5.41) is 14.3. The van der Waals surface area contributed by atoms with Gasteiger partial charge in [-0.15, -0.1) is 6.58 Å². The molecule has 5 heteroatoms. The molecule has 0 fully saturated rings. The molecule has 0 radical (unpaired) electrons. The lowest BCUT2D eigenvalue weighted by atomic mass is 10.1. The highest BCUT2D eigenvalue weighted by Crippen LogP contribution is 2.16. The molecule has 1 aromatic carbocycles. The second-order valence-electron chi connectivity index (χ2n) is 4.36. The smallest absolute Gasteiger partial charge is 0.335 e. The SMILES string of the molecule is C=CCC(C)NC(=O)Nc1ccc(C(=O)O)cc1C. The number of benzene rings is 1. The van der Waals surface area contributed by atoms with Crippen molar-refractivity contribution in [2.45, 2.75) is 26.3 Å². The average Bonchev–Trinajstić information content (AvgIpc) is 2.31. The van der Waals surface area contributed by atoms with Crippen LogP contribution >= 0.6 is 0 Å². The van der Waals surface area contributed by atoms with E-state index in [2.05, 4.69) is 17.2 Å². The molecule has 1 rings (SSSR count). The minimum atomic E-state index is -0.987. The molecule has 19 heavy (non-hydrogen) atoms. The predicted molar refractivity (Wildman–Crippen MR) is 74.6 cm³/mol. The van der Waals surface area contributed by atoms with Crippen molar-refractivity contribution < 1.29 is 14.7 Å². The largest absolute Gasteiger partial charge is 0.478 e. The lowest BCUT2D eigenvalue weighted by molar-refractivity contribution is 0.0697. The van der Waals surface area contributed by atoms with Gasteiger partial charge < -0.3 is 15.7 Å². The fourth-order valence-electron chi connectivity index (χ4n) is 1.63. The van der Waals surface area contributed by atoms with Gasteiger partial charge in [-0.05, 0) is 44.0 Å². The van der Waals surface area contributed by atoms with Crippen LogP contribution in [0.4, 0.5) is 10.5 Å². The van der Waals surface area contributed by atoms with Crippen molar-refractivity contribution in [3.05, 3.63) is 42.0 Å². The van der Waals surface area contributed by atoms with Crippen LogP contribution < -0.4 is 10.6 Å². The number of nitrogens with one attached hydrogen (secondary N) is 2. The number of carbonyl (C=O) groups excluding carboxylic acids is 1. The first-order chi connectivity index (χ1) is 8.93. The number of hydrogen-bond donors (Lipinski definition) is 3. The van der Waals surface area contributed by atoms with Crippen molar-refractivity contribution in [3.8, 4) is 0 Å². The van der Waals surface area contributed by atoms with E-state index in [9.17, 15) is 9.59 Å². The van der Waals surface area contributed by atoms with Crippen LogP contribution in [0.1, 0.15) is 29.3 Å². The third-order valence-corrected chi connectivity index (χ3v) is 2.62. The van der Waals surface area contributed by atoms with Crippen molar-refractivity contribution in [3.63, 3.8) is 0 Å². The molecule has 0 bridgehead atoms. The summed E-state index contributed by atoms with van der Waals surface area (Å²) in [6, 6.07) is 4.23. The summed E-state index contributed by atoms with van der Waals surface area (Å²) < 4.78 is 0. The van der Waals surface area contributed by atoms with Gasteiger partial charge in [-0.25, -0.2) is 9.59 Å². The fraction of sp³-hybridized carbons (Fsp3) is 0.286. The maximum atomic E-state index is 11.7. The number of hydrogen-bond acceptors (Lipinski definition) is 2. The van der Waals surface area contributed by atoms with Gasteiger partial charge in [0, 0.05) is 11.7 Å². The second-order valence-corrected chi connectivity index (χ2v) is 4.36. The van der Waals surface area contributed by atoms with Crippen LogP contribution in [0.25, 0.3) is 0 Å². The Morgan fingerprint density at radius 3 is 2.68 bits per heavy atom. The molecule has 2 amide bonds. The number of urea groups is 1. The van der Waals surface area contributed by atoms with Gasteiger partial charge in [-0.2, -0.15) is 0 Å². The van der Waals surface area contributed by atoms with E-state index < -0.39 is 5.97 Å². The van der Waals surface area contributed by atoms with Crippen molar-refractivity contribution in [2.75, 3.05) is 5.32 Å².